The van der Waals surface area contributed by atoms with Gasteiger partial charge in [0.05, 0.1) is 6.20 Å². The van der Waals surface area contributed by atoms with E-state index in [1.807, 2.05) is 22.7 Å². The van der Waals surface area contributed by atoms with E-state index < -0.39 is 0 Å². The van der Waals surface area contributed by atoms with E-state index in [-0.39, 0.29) is 0 Å². The summed E-state index contributed by atoms with van der Waals surface area (Å²) in [5.74, 6) is 1.08. The lowest BCUT2D eigenvalue weighted by Gasteiger charge is -1.98. The van der Waals surface area contributed by atoms with Crippen molar-refractivity contribution in [1.29, 1.82) is 0 Å². The van der Waals surface area contributed by atoms with E-state index in [9.17, 15) is 0 Å². The Bertz CT molecular complexity index is 695. The second-order valence-corrected chi connectivity index (χ2v) is 3.68. The molecule has 0 fully saturated rings. The van der Waals surface area contributed by atoms with Crippen LogP contribution in [-0.2, 0) is 0 Å². The van der Waals surface area contributed by atoms with Gasteiger partial charge in [-0.05, 0) is 17.7 Å². The van der Waals surface area contributed by atoms with E-state index in [0.717, 1.165) is 16.9 Å². The molecule has 17 heavy (non-hydrogen) atoms. The van der Waals surface area contributed by atoms with Crippen LogP contribution in [0.25, 0.3) is 23.2 Å². The molecule has 3 aromatic rings. The maximum Gasteiger partial charge on any atom is 0.223 e. The van der Waals surface area contributed by atoms with Crippen LogP contribution < -0.4 is 0 Å². The van der Waals surface area contributed by atoms with Crippen molar-refractivity contribution in [1.82, 2.24) is 19.5 Å². The monoisotopic (exact) mass is 226 g/mol. The van der Waals surface area contributed by atoms with Gasteiger partial charge < -0.3 is 4.52 Å². The molecule has 0 saturated carbocycles. The van der Waals surface area contributed by atoms with Crippen molar-refractivity contribution >= 4 is 11.7 Å². The van der Waals surface area contributed by atoms with Crippen LogP contribution in [0.2, 0.25) is 0 Å². The van der Waals surface area contributed by atoms with Crippen molar-refractivity contribution in [3.8, 4) is 11.5 Å². The Morgan fingerprint density at radius 1 is 1.41 bits per heavy atom. The molecule has 3 aromatic heterocycles. The summed E-state index contributed by atoms with van der Waals surface area (Å²) in [6.07, 6.45) is 5.45. The van der Waals surface area contributed by atoms with E-state index in [1.54, 1.807) is 19.2 Å². The van der Waals surface area contributed by atoms with Gasteiger partial charge in [-0.2, -0.15) is 4.98 Å². The first-order valence-corrected chi connectivity index (χ1v) is 5.18. The van der Waals surface area contributed by atoms with Crippen molar-refractivity contribution in [2.75, 3.05) is 0 Å². The highest BCUT2D eigenvalue weighted by molar-refractivity contribution is 5.59. The van der Waals surface area contributed by atoms with E-state index >= 15 is 0 Å². The zero-order valence-corrected chi connectivity index (χ0v) is 9.29. The van der Waals surface area contributed by atoms with Crippen LogP contribution in [0.1, 0.15) is 11.5 Å². The van der Waals surface area contributed by atoms with Crippen LogP contribution in [-0.4, -0.2) is 19.5 Å². The van der Waals surface area contributed by atoms with Crippen molar-refractivity contribution < 1.29 is 4.52 Å². The minimum Gasteiger partial charge on any atom is -0.339 e. The molecule has 3 heterocycles. The summed E-state index contributed by atoms with van der Waals surface area (Å²) in [5, 5.41) is 3.89. The standard InChI is InChI=1S/C12H10N4O/c1-3-9-4-5-11-13-6-10(16(11)7-9)12-14-8(2)17-15-12/h3-7H,1H2,2H3. The van der Waals surface area contributed by atoms with Crippen LogP contribution >= 0.6 is 0 Å². The van der Waals surface area contributed by atoms with Gasteiger partial charge in [0, 0.05) is 13.1 Å². The van der Waals surface area contributed by atoms with E-state index in [2.05, 4.69) is 21.7 Å². The third kappa shape index (κ3) is 1.52. The zero-order chi connectivity index (χ0) is 11.8. The summed E-state index contributed by atoms with van der Waals surface area (Å²) < 4.78 is 6.89. The summed E-state index contributed by atoms with van der Waals surface area (Å²) in [6.45, 7) is 5.50. The van der Waals surface area contributed by atoms with Crippen LogP contribution in [0.3, 0.4) is 0 Å². The van der Waals surface area contributed by atoms with E-state index in [1.165, 1.54) is 0 Å². The fraction of sp³-hybridized carbons (Fsp3) is 0.0833. The van der Waals surface area contributed by atoms with Crippen LogP contribution in [0.15, 0.2) is 35.6 Å². The van der Waals surface area contributed by atoms with Crippen LogP contribution in [0, 0.1) is 6.92 Å². The fourth-order valence-electron chi connectivity index (χ4n) is 1.69. The number of imidazole rings is 1. The smallest absolute Gasteiger partial charge is 0.223 e. The van der Waals surface area contributed by atoms with Gasteiger partial charge in [0.25, 0.3) is 0 Å². The summed E-state index contributed by atoms with van der Waals surface area (Å²) in [6, 6.07) is 3.88. The molecule has 0 radical (unpaired) electrons. The highest BCUT2D eigenvalue weighted by atomic mass is 16.5. The van der Waals surface area contributed by atoms with Gasteiger partial charge in [-0.1, -0.05) is 17.8 Å². The van der Waals surface area contributed by atoms with E-state index in [0.29, 0.717) is 11.7 Å². The van der Waals surface area contributed by atoms with Crippen LogP contribution in [0.4, 0.5) is 0 Å². The Labute approximate surface area is 97.4 Å². The highest BCUT2D eigenvalue weighted by Crippen LogP contribution is 2.18. The average Bonchev–Trinajstić information content (AvgIpc) is 2.93. The molecule has 0 unspecified atom stereocenters. The Morgan fingerprint density at radius 2 is 2.29 bits per heavy atom. The second kappa shape index (κ2) is 3.55. The van der Waals surface area contributed by atoms with Crippen LogP contribution in [0.5, 0.6) is 0 Å². The molecule has 0 aliphatic carbocycles. The van der Waals surface area contributed by atoms with Crippen molar-refractivity contribution in [3.63, 3.8) is 0 Å². The van der Waals surface area contributed by atoms with Gasteiger partial charge >= 0.3 is 0 Å². The lowest BCUT2D eigenvalue weighted by molar-refractivity contribution is 0.394. The number of fused-ring (bicyclic) bond motifs is 1. The summed E-state index contributed by atoms with van der Waals surface area (Å²) >= 11 is 0. The minimum atomic E-state index is 0.537. The van der Waals surface area contributed by atoms with Gasteiger partial charge in [0.1, 0.15) is 11.3 Å². The number of pyridine rings is 1. The molecule has 84 valence electrons. The minimum absolute atomic E-state index is 0.537. The first kappa shape index (κ1) is 9.77. The molecule has 0 N–H and O–H groups in total. The molecule has 0 aromatic carbocycles. The van der Waals surface area contributed by atoms with Gasteiger partial charge in [-0.3, -0.25) is 4.40 Å². The van der Waals surface area contributed by atoms with Crippen molar-refractivity contribution in [2.24, 2.45) is 0 Å². The number of aromatic nitrogens is 4. The number of aryl methyl sites for hydroxylation is 1. The molecule has 5 nitrogen and oxygen atoms in total. The second-order valence-electron chi connectivity index (χ2n) is 3.68. The summed E-state index contributed by atoms with van der Waals surface area (Å²) in [7, 11) is 0. The molecular weight excluding hydrogens is 216 g/mol. The molecule has 0 saturated heterocycles. The zero-order valence-electron chi connectivity index (χ0n) is 9.29. The normalized spacial score (nSPS) is 10.9. The largest absolute Gasteiger partial charge is 0.339 e. The SMILES string of the molecule is C=Cc1ccc2ncc(-c3noc(C)n3)n2c1. The third-order valence-electron chi connectivity index (χ3n) is 2.52. The maximum absolute atomic E-state index is 4.97. The summed E-state index contributed by atoms with van der Waals surface area (Å²) in [5.41, 5.74) is 2.66. The maximum atomic E-state index is 4.97. The fourth-order valence-corrected chi connectivity index (χ4v) is 1.69. The first-order chi connectivity index (χ1) is 8.28. The highest BCUT2D eigenvalue weighted by Gasteiger charge is 2.11. The predicted molar refractivity (Wildman–Crippen MR) is 63.3 cm³/mol. The number of rotatable bonds is 2. The molecular formula is C12H10N4O. The molecule has 0 bridgehead atoms. The number of hydrogen-bond acceptors (Lipinski definition) is 4. The van der Waals surface area contributed by atoms with Gasteiger partial charge in [0.15, 0.2) is 0 Å². The average molecular weight is 226 g/mol. The molecule has 3 rings (SSSR count). The topological polar surface area (TPSA) is 56.2 Å². The number of nitrogens with zero attached hydrogens (tertiary/aromatic N) is 4. The van der Waals surface area contributed by atoms with Gasteiger partial charge in [-0.15, -0.1) is 0 Å². The quantitative estimate of drug-likeness (QED) is 0.673. The molecule has 0 aliphatic heterocycles. The third-order valence-corrected chi connectivity index (χ3v) is 2.52. The number of hydrogen-bond donors (Lipinski definition) is 0. The van der Waals surface area contributed by atoms with Crippen molar-refractivity contribution in [3.05, 3.63) is 42.6 Å². The predicted octanol–water partition coefficient (Wildman–Crippen LogP) is 2.34. The van der Waals surface area contributed by atoms with Gasteiger partial charge in [-0.25, -0.2) is 4.98 Å². The van der Waals surface area contributed by atoms with Gasteiger partial charge in [0.2, 0.25) is 11.7 Å². The molecule has 0 atom stereocenters. The Kier molecular flexibility index (Phi) is 2.04. The molecule has 5 heteroatoms. The summed E-state index contributed by atoms with van der Waals surface area (Å²) in [4.78, 5) is 8.48. The molecule has 0 spiro atoms. The first-order valence-electron chi connectivity index (χ1n) is 5.18. The Hall–Kier alpha value is -2.43. The Morgan fingerprint density at radius 3 is 3.00 bits per heavy atom. The Balaban J connectivity index is 2.26. The lowest BCUT2D eigenvalue weighted by atomic mass is 10.3. The molecule has 0 amide bonds. The lowest BCUT2D eigenvalue weighted by Crippen LogP contribution is -1.90. The van der Waals surface area contributed by atoms with E-state index in [4.69, 9.17) is 4.52 Å². The molecule has 0 aliphatic rings. The van der Waals surface area contributed by atoms with Crippen molar-refractivity contribution in [2.45, 2.75) is 6.92 Å².